The third-order valence-electron chi connectivity index (χ3n) is 4.79. The Labute approximate surface area is 149 Å². The summed E-state index contributed by atoms with van der Waals surface area (Å²) in [6, 6.07) is 14.2. The largest absolute Gasteiger partial charge is 0.379 e. The number of hydrogen-bond donors (Lipinski definition) is 2. The fourth-order valence-corrected chi connectivity index (χ4v) is 3.39. The van der Waals surface area contributed by atoms with Crippen LogP contribution >= 0.6 is 0 Å². The molecule has 3 rings (SSSR count). The van der Waals surface area contributed by atoms with Crippen LogP contribution in [-0.4, -0.2) is 49.8 Å². The van der Waals surface area contributed by atoms with Crippen molar-refractivity contribution in [3.05, 3.63) is 42.5 Å². The highest BCUT2D eigenvalue weighted by Crippen LogP contribution is 2.22. The summed E-state index contributed by atoms with van der Waals surface area (Å²) in [5.41, 5.74) is 0.836. The predicted octanol–water partition coefficient (Wildman–Crippen LogP) is 3.32. The summed E-state index contributed by atoms with van der Waals surface area (Å²) in [7, 11) is 0. The number of morpholine rings is 1. The van der Waals surface area contributed by atoms with Crippen LogP contribution in [0, 0.1) is 5.92 Å². The number of amides is 2. The van der Waals surface area contributed by atoms with E-state index in [2.05, 4.69) is 29.4 Å². The molecule has 2 aromatic carbocycles. The van der Waals surface area contributed by atoms with E-state index in [9.17, 15) is 4.79 Å². The van der Waals surface area contributed by atoms with E-state index < -0.39 is 0 Å². The standard InChI is InChI=1S/C20H27N3O2/c1-15(2)19(23-10-12-25-13-11-23)14-21-20(24)22-18-9-5-7-16-6-3-4-8-17(16)18/h3-9,15,19H,10-14H2,1-2H3,(H2,21,22,24)/t19-/m0/s1. The minimum atomic E-state index is -0.157. The van der Waals surface area contributed by atoms with E-state index in [4.69, 9.17) is 4.74 Å². The summed E-state index contributed by atoms with van der Waals surface area (Å²) >= 11 is 0. The normalized spacial score (nSPS) is 16.8. The number of hydrogen-bond acceptors (Lipinski definition) is 3. The summed E-state index contributed by atoms with van der Waals surface area (Å²) in [5, 5.41) is 8.20. The monoisotopic (exact) mass is 341 g/mol. The second-order valence-electron chi connectivity index (χ2n) is 6.82. The van der Waals surface area contributed by atoms with Gasteiger partial charge in [-0.2, -0.15) is 0 Å². The van der Waals surface area contributed by atoms with E-state index in [0.29, 0.717) is 18.5 Å². The first-order chi connectivity index (χ1) is 12.1. The average Bonchev–Trinajstić information content (AvgIpc) is 2.63. The van der Waals surface area contributed by atoms with Crippen molar-refractivity contribution in [1.29, 1.82) is 0 Å². The van der Waals surface area contributed by atoms with Gasteiger partial charge in [-0.05, 0) is 17.4 Å². The minimum Gasteiger partial charge on any atom is -0.379 e. The smallest absolute Gasteiger partial charge is 0.319 e. The van der Waals surface area contributed by atoms with E-state index in [1.165, 1.54) is 0 Å². The highest BCUT2D eigenvalue weighted by atomic mass is 16.5. The Morgan fingerprint density at radius 2 is 1.84 bits per heavy atom. The topological polar surface area (TPSA) is 53.6 Å². The van der Waals surface area contributed by atoms with E-state index in [1.54, 1.807) is 0 Å². The van der Waals surface area contributed by atoms with Crippen LogP contribution in [0.15, 0.2) is 42.5 Å². The zero-order chi connectivity index (χ0) is 17.6. The lowest BCUT2D eigenvalue weighted by atomic mass is 10.0. The van der Waals surface area contributed by atoms with E-state index in [1.807, 2.05) is 42.5 Å². The average molecular weight is 341 g/mol. The van der Waals surface area contributed by atoms with Crippen molar-refractivity contribution in [3.63, 3.8) is 0 Å². The molecule has 1 heterocycles. The highest BCUT2D eigenvalue weighted by molar-refractivity contribution is 6.01. The van der Waals surface area contributed by atoms with E-state index in [-0.39, 0.29) is 6.03 Å². The number of fused-ring (bicyclic) bond motifs is 1. The number of benzene rings is 2. The summed E-state index contributed by atoms with van der Waals surface area (Å²) in [5.74, 6) is 0.468. The van der Waals surface area contributed by atoms with Crippen molar-refractivity contribution < 1.29 is 9.53 Å². The molecule has 0 aromatic heterocycles. The van der Waals surface area contributed by atoms with Gasteiger partial charge in [-0.1, -0.05) is 50.2 Å². The lowest BCUT2D eigenvalue weighted by molar-refractivity contribution is 0.00728. The molecule has 1 fully saturated rings. The third kappa shape index (κ3) is 4.50. The first kappa shape index (κ1) is 17.7. The van der Waals surface area contributed by atoms with Crippen molar-refractivity contribution >= 4 is 22.5 Å². The van der Waals surface area contributed by atoms with Gasteiger partial charge in [0.15, 0.2) is 0 Å². The quantitative estimate of drug-likeness (QED) is 0.877. The van der Waals surface area contributed by atoms with Gasteiger partial charge in [-0.15, -0.1) is 0 Å². The maximum atomic E-state index is 12.4. The molecule has 1 saturated heterocycles. The molecule has 1 aliphatic heterocycles. The Bertz CT molecular complexity index is 706. The Hall–Kier alpha value is -2.11. The number of nitrogens with zero attached hydrogens (tertiary/aromatic N) is 1. The van der Waals surface area contributed by atoms with Gasteiger partial charge >= 0.3 is 6.03 Å². The van der Waals surface area contributed by atoms with Crippen LogP contribution in [0.3, 0.4) is 0 Å². The van der Waals surface area contributed by atoms with Gasteiger partial charge < -0.3 is 15.4 Å². The Morgan fingerprint density at radius 1 is 1.12 bits per heavy atom. The lowest BCUT2D eigenvalue weighted by Crippen LogP contribution is -2.51. The molecule has 5 nitrogen and oxygen atoms in total. The van der Waals surface area contributed by atoms with Crippen LogP contribution in [0.1, 0.15) is 13.8 Å². The number of urea groups is 1. The Morgan fingerprint density at radius 3 is 2.60 bits per heavy atom. The Kier molecular flexibility index (Phi) is 5.89. The van der Waals surface area contributed by atoms with Gasteiger partial charge in [0.25, 0.3) is 0 Å². The van der Waals surface area contributed by atoms with Crippen molar-refractivity contribution in [2.75, 3.05) is 38.2 Å². The molecular formula is C20H27N3O2. The molecule has 2 aromatic rings. The summed E-state index contributed by atoms with van der Waals surface area (Å²) in [6.07, 6.45) is 0. The molecule has 0 radical (unpaired) electrons. The molecule has 2 N–H and O–H groups in total. The lowest BCUT2D eigenvalue weighted by Gasteiger charge is -2.36. The maximum absolute atomic E-state index is 12.4. The first-order valence-corrected chi connectivity index (χ1v) is 8.99. The number of rotatable bonds is 5. The molecule has 0 unspecified atom stereocenters. The van der Waals surface area contributed by atoms with Gasteiger partial charge in [-0.3, -0.25) is 4.90 Å². The molecule has 0 bridgehead atoms. The van der Waals surface area contributed by atoms with Crippen molar-refractivity contribution in [3.8, 4) is 0 Å². The highest BCUT2D eigenvalue weighted by Gasteiger charge is 2.24. The van der Waals surface area contributed by atoms with Crippen LogP contribution in [0.25, 0.3) is 10.8 Å². The van der Waals surface area contributed by atoms with Crippen LogP contribution in [0.4, 0.5) is 10.5 Å². The molecule has 134 valence electrons. The van der Waals surface area contributed by atoms with Crippen molar-refractivity contribution in [1.82, 2.24) is 10.2 Å². The van der Waals surface area contributed by atoms with E-state index in [0.717, 1.165) is 42.8 Å². The number of carbonyl (C=O) groups excluding carboxylic acids is 1. The maximum Gasteiger partial charge on any atom is 0.319 e. The van der Waals surface area contributed by atoms with Gasteiger partial charge in [0.1, 0.15) is 0 Å². The first-order valence-electron chi connectivity index (χ1n) is 8.99. The van der Waals surface area contributed by atoms with Crippen LogP contribution in [0.5, 0.6) is 0 Å². The second-order valence-corrected chi connectivity index (χ2v) is 6.82. The molecule has 25 heavy (non-hydrogen) atoms. The van der Waals surface area contributed by atoms with Gasteiger partial charge in [-0.25, -0.2) is 4.79 Å². The molecule has 0 spiro atoms. The molecule has 0 saturated carbocycles. The fourth-order valence-electron chi connectivity index (χ4n) is 3.39. The zero-order valence-corrected chi connectivity index (χ0v) is 15.0. The number of anilines is 1. The molecule has 5 heteroatoms. The fraction of sp³-hybridized carbons (Fsp3) is 0.450. The molecule has 0 aliphatic carbocycles. The number of carbonyl (C=O) groups is 1. The molecular weight excluding hydrogens is 314 g/mol. The SMILES string of the molecule is CC(C)[C@H](CNC(=O)Nc1cccc2ccccc12)N1CCOCC1. The van der Waals surface area contributed by atoms with Crippen molar-refractivity contribution in [2.45, 2.75) is 19.9 Å². The van der Waals surface area contributed by atoms with Crippen LogP contribution < -0.4 is 10.6 Å². The molecule has 2 amide bonds. The third-order valence-corrected chi connectivity index (χ3v) is 4.79. The van der Waals surface area contributed by atoms with Crippen LogP contribution in [0.2, 0.25) is 0 Å². The van der Waals surface area contributed by atoms with Crippen molar-refractivity contribution in [2.24, 2.45) is 5.92 Å². The summed E-state index contributed by atoms with van der Waals surface area (Å²) in [6.45, 7) is 8.42. The van der Waals surface area contributed by atoms with Gasteiger partial charge in [0.2, 0.25) is 0 Å². The number of nitrogens with one attached hydrogen (secondary N) is 2. The zero-order valence-electron chi connectivity index (χ0n) is 15.0. The Balaban J connectivity index is 1.61. The predicted molar refractivity (Wildman–Crippen MR) is 102 cm³/mol. The number of ether oxygens (including phenoxy) is 1. The van der Waals surface area contributed by atoms with E-state index >= 15 is 0 Å². The summed E-state index contributed by atoms with van der Waals surface area (Å²) < 4.78 is 5.43. The molecule has 1 aliphatic rings. The second kappa shape index (κ2) is 8.32. The summed E-state index contributed by atoms with van der Waals surface area (Å²) in [4.78, 5) is 14.8. The van der Waals surface area contributed by atoms with Gasteiger partial charge in [0.05, 0.1) is 18.9 Å². The minimum absolute atomic E-state index is 0.157. The van der Waals surface area contributed by atoms with Crippen LogP contribution in [-0.2, 0) is 4.74 Å². The van der Waals surface area contributed by atoms with Gasteiger partial charge in [0, 0.05) is 31.1 Å². The molecule has 1 atom stereocenters.